The minimum absolute atomic E-state index is 0.268. The molecule has 2 rings (SSSR count). The Balaban J connectivity index is 2.45. The number of hydrogen-bond donors (Lipinski definition) is 0. The fourth-order valence-electron chi connectivity index (χ4n) is 2.55. The summed E-state index contributed by atoms with van der Waals surface area (Å²) in [6, 6.07) is 16.9. The van der Waals surface area contributed by atoms with Gasteiger partial charge in [-0.3, -0.25) is 0 Å². The van der Waals surface area contributed by atoms with Crippen LogP contribution in [0.5, 0.6) is 5.75 Å². The van der Waals surface area contributed by atoms with Crippen molar-refractivity contribution in [2.45, 2.75) is 45.9 Å². The first-order valence-corrected chi connectivity index (χ1v) is 10.1. The van der Waals surface area contributed by atoms with Crippen LogP contribution in [0.4, 0.5) is 5.69 Å². The summed E-state index contributed by atoms with van der Waals surface area (Å²) in [5.74, 6) is 0.843. The standard InChI is InChI=1S/C22H27NOS2/c1-16(2)23(15-25)22-14-21(24-26-17(3)4)12-11-20(22)13-18(5)19-9-7-6-8-10-19/h6-17H,1-5H3/b18-13+. The van der Waals surface area contributed by atoms with Gasteiger partial charge in [0.05, 0.1) is 23.2 Å². The fraction of sp³-hybridized carbons (Fsp3) is 0.318. The van der Waals surface area contributed by atoms with Gasteiger partial charge in [0.25, 0.3) is 0 Å². The molecule has 0 aliphatic rings. The molecule has 0 saturated carbocycles. The van der Waals surface area contributed by atoms with Gasteiger partial charge in [0.15, 0.2) is 0 Å². The van der Waals surface area contributed by atoms with E-state index in [4.69, 9.17) is 16.4 Å². The van der Waals surface area contributed by atoms with Crippen LogP contribution in [0.1, 0.15) is 45.7 Å². The second kappa shape index (κ2) is 9.79. The van der Waals surface area contributed by atoms with Crippen LogP contribution >= 0.6 is 24.3 Å². The molecule has 0 aliphatic heterocycles. The van der Waals surface area contributed by atoms with Gasteiger partial charge in [0.1, 0.15) is 5.75 Å². The number of allylic oxidation sites excluding steroid dienone is 1. The number of anilines is 1. The van der Waals surface area contributed by atoms with Crippen LogP contribution in [-0.2, 0) is 0 Å². The average Bonchev–Trinajstić information content (AvgIpc) is 2.62. The first kappa shape index (κ1) is 20.5. The van der Waals surface area contributed by atoms with Gasteiger partial charge < -0.3 is 9.08 Å². The quantitative estimate of drug-likeness (QED) is 0.279. The van der Waals surface area contributed by atoms with E-state index in [0.717, 1.165) is 17.0 Å². The maximum atomic E-state index is 5.85. The molecule has 0 unspecified atom stereocenters. The molecule has 138 valence electrons. The van der Waals surface area contributed by atoms with Crippen LogP contribution in [0.2, 0.25) is 0 Å². The summed E-state index contributed by atoms with van der Waals surface area (Å²) in [5.41, 5.74) is 6.34. The van der Waals surface area contributed by atoms with Gasteiger partial charge in [-0.25, -0.2) is 0 Å². The Morgan fingerprint density at radius 2 is 1.77 bits per heavy atom. The number of benzene rings is 2. The van der Waals surface area contributed by atoms with Crippen molar-refractivity contribution in [3.05, 3.63) is 59.7 Å². The Hall–Kier alpha value is -1.78. The van der Waals surface area contributed by atoms with Crippen LogP contribution in [0.15, 0.2) is 48.5 Å². The van der Waals surface area contributed by atoms with Crippen molar-refractivity contribution in [2.24, 2.45) is 0 Å². The first-order chi connectivity index (χ1) is 12.4. The third-order valence-corrected chi connectivity index (χ3v) is 4.79. The summed E-state index contributed by atoms with van der Waals surface area (Å²) in [6.45, 7) is 10.6. The number of hydrogen-bond acceptors (Lipinski definition) is 3. The highest BCUT2D eigenvalue weighted by Gasteiger charge is 2.14. The van der Waals surface area contributed by atoms with Crippen LogP contribution in [-0.4, -0.2) is 16.8 Å². The first-order valence-electron chi connectivity index (χ1n) is 8.87. The molecule has 2 aromatic carbocycles. The highest BCUT2D eigenvalue weighted by Crippen LogP contribution is 2.32. The normalized spacial score (nSPS) is 11.7. The largest absolute Gasteiger partial charge is 0.425 e. The molecule has 2 aromatic rings. The molecule has 0 amide bonds. The molecule has 0 aliphatic carbocycles. The molecule has 2 nitrogen and oxygen atoms in total. The van der Waals surface area contributed by atoms with E-state index in [0.29, 0.717) is 5.25 Å². The summed E-state index contributed by atoms with van der Waals surface area (Å²) >= 11 is 6.75. The highest BCUT2D eigenvalue weighted by molar-refractivity contribution is 7.95. The van der Waals surface area contributed by atoms with E-state index < -0.39 is 0 Å². The van der Waals surface area contributed by atoms with Gasteiger partial charge in [0.2, 0.25) is 0 Å². The summed E-state index contributed by atoms with van der Waals surface area (Å²) in [5, 5.41) is 0.407. The third kappa shape index (κ3) is 5.61. The van der Waals surface area contributed by atoms with E-state index in [2.05, 4.69) is 82.0 Å². The third-order valence-electron chi connectivity index (χ3n) is 3.89. The molecular formula is C22H27NOS2. The van der Waals surface area contributed by atoms with Gasteiger partial charge in [0, 0.05) is 17.4 Å². The van der Waals surface area contributed by atoms with E-state index in [1.54, 1.807) is 5.49 Å². The van der Waals surface area contributed by atoms with Gasteiger partial charge in [-0.2, -0.15) is 0 Å². The zero-order valence-electron chi connectivity index (χ0n) is 16.1. The second-order valence-electron chi connectivity index (χ2n) is 6.75. The summed E-state index contributed by atoms with van der Waals surface area (Å²) in [6.07, 6.45) is 2.21. The molecule has 26 heavy (non-hydrogen) atoms. The zero-order chi connectivity index (χ0) is 19.1. The lowest BCUT2D eigenvalue weighted by atomic mass is 10.0. The van der Waals surface area contributed by atoms with E-state index >= 15 is 0 Å². The van der Waals surface area contributed by atoms with E-state index in [9.17, 15) is 0 Å². The number of thiocarbonyl (C=S) groups is 1. The summed E-state index contributed by atoms with van der Waals surface area (Å²) < 4.78 is 5.85. The second-order valence-corrected chi connectivity index (χ2v) is 8.26. The van der Waals surface area contributed by atoms with Crippen LogP contribution in [0.25, 0.3) is 11.6 Å². The van der Waals surface area contributed by atoms with E-state index in [-0.39, 0.29) is 6.04 Å². The number of rotatable bonds is 8. The van der Waals surface area contributed by atoms with Crippen molar-refractivity contribution >= 4 is 47.1 Å². The SMILES string of the molecule is C/C(=C\c1ccc(OSC(C)C)cc1N(C=S)C(C)C)c1ccccc1. The lowest BCUT2D eigenvalue weighted by Crippen LogP contribution is -2.28. The molecule has 0 spiro atoms. The predicted octanol–water partition coefficient (Wildman–Crippen LogP) is 6.85. The molecule has 0 saturated heterocycles. The van der Waals surface area contributed by atoms with Crippen molar-refractivity contribution in [3.63, 3.8) is 0 Å². The molecule has 0 N–H and O–H groups in total. The smallest absolute Gasteiger partial charge is 0.139 e. The fourth-order valence-corrected chi connectivity index (χ4v) is 3.31. The van der Waals surface area contributed by atoms with Gasteiger partial charge in [-0.15, -0.1) is 0 Å². The monoisotopic (exact) mass is 385 g/mol. The molecule has 0 fully saturated rings. The lowest BCUT2D eigenvalue weighted by Gasteiger charge is -2.26. The molecule has 4 heteroatoms. The van der Waals surface area contributed by atoms with Crippen molar-refractivity contribution in [1.29, 1.82) is 0 Å². The van der Waals surface area contributed by atoms with Crippen molar-refractivity contribution in [1.82, 2.24) is 0 Å². The van der Waals surface area contributed by atoms with Crippen LogP contribution in [0.3, 0.4) is 0 Å². The Kier molecular flexibility index (Phi) is 7.73. The molecule has 0 aromatic heterocycles. The minimum Gasteiger partial charge on any atom is -0.425 e. The Labute approximate surface area is 167 Å². The molecule has 0 bridgehead atoms. The minimum atomic E-state index is 0.268. The van der Waals surface area contributed by atoms with Gasteiger partial charge in [-0.1, -0.05) is 56.4 Å². The Morgan fingerprint density at radius 3 is 2.35 bits per heavy atom. The number of nitrogens with zero attached hydrogens (tertiary/aromatic N) is 1. The lowest BCUT2D eigenvalue weighted by molar-refractivity contribution is 0.639. The topological polar surface area (TPSA) is 12.5 Å². The highest BCUT2D eigenvalue weighted by atomic mass is 32.2. The summed E-state index contributed by atoms with van der Waals surface area (Å²) in [7, 11) is 0. The maximum Gasteiger partial charge on any atom is 0.139 e. The van der Waals surface area contributed by atoms with E-state index in [1.807, 2.05) is 12.1 Å². The Bertz CT molecular complexity index is 754. The average molecular weight is 386 g/mol. The van der Waals surface area contributed by atoms with Crippen LogP contribution in [0, 0.1) is 0 Å². The van der Waals surface area contributed by atoms with Gasteiger partial charge >= 0.3 is 0 Å². The zero-order valence-corrected chi connectivity index (χ0v) is 17.7. The van der Waals surface area contributed by atoms with Crippen molar-refractivity contribution in [2.75, 3.05) is 4.90 Å². The maximum absolute atomic E-state index is 5.85. The Morgan fingerprint density at radius 1 is 1.08 bits per heavy atom. The van der Waals surface area contributed by atoms with E-state index in [1.165, 1.54) is 23.2 Å². The summed E-state index contributed by atoms with van der Waals surface area (Å²) in [4.78, 5) is 2.10. The van der Waals surface area contributed by atoms with Crippen molar-refractivity contribution in [3.8, 4) is 5.75 Å². The van der Waals surface area contributed by atoms with Gasteiger partial charge in [-0.05, 0) is 55.7 Å². The van der Waals surface area contributed by atoms with Crippen LogP contribution < -0.4 is 9.08 Å². The molecular weight excluding hydrogens is 358 g/mol. The predicted molar refractivity (Wildman–Crippen MR) is 121 cm³/mol. The molecule has 0 atom stereocenters. The molecule has 0 radical (unpaired) electrons. The molecule has 0 heterocycles. The van der Waals surface area contributed by atoms with Crippen molar-refractivity contribution < 1.29 is 4.18 Å².